The Balaban J connectivity index is 1.33. The van der Waals surface area contributed by atoms with Crippen molar-refractivity contribution in [3.05, 3.63) is 53.6 Å². The second-order valence-corrected chi connectivity index (χ2v) is 10.1. The Bertz CT molecular complexity index is 1220. The van der Waals surface area contributed by atoms with E-state index in [0.717, 1.165) is 18.4 Å². The molecule has 0 radical (unpaired) electrons. The number of fused-ring (bicyclic) bond motifs is 2. The highest BCUT2D eigenvalue weighted by atomic mass is 32.2. The van der Waals surface area contributed by atoms with Crippen molar-refractivity contribution in [2.75, 3.05) is 26.6 Å². The summed E-state index contributed by atoms with van der Waals surface area (Å²) in [5, 5.41) is 3.03. The highest BCUT2D eigenvalue weighted by Crippen LogP contribution is 2.40. The minimum absolute atomic E-state index is 0.167. The lowest BCUT2D eigenvalue weighted by Crippen LogP contribution is -2.46. The van der Waals surface area contributed by atoms with Gasteiger partial charge >= 0.3 is 0 Å². The number of hydrogen-bond donors (Lipinski definition) is 2. The Kier molecular flexibility index (Phi) is 5.49. The van der Waals surface area contributed by atoms with Gasteiger partial charge in [0, 0.05) is 30.7 Å². The fraction of sp³-hybridized carbons (Fsp3) is 0.391. The molecule has 2 aromatic rings. The molecule has 1 fully saturated rings. The number of rotatable bonds is 5. The van der Waals surface area contributed by atoms with Crippen molar-refractivity contribution in [1.29, 1.82) is 0 Å². The third kappa shape index (κ3) is 4.04. The first-order chi connectivity index (χ1) is 15.9. The molecule has 9 nitrogen and oxygen atoms in total. The van der Waals surface area contributed by atoms with Gasteiger partial charge in [-0.3, -0.25) is 14.5 Å². The van der Waals surface area contributed by atoms with E-state index in [4.69, 9.17) is 14.2 Å². The maximum absolute atomic E-state index is 12.9. The van der Waals surface area contributed by atoms with Gasteiger partial charge in [-0.1, -0.05) is 18.2 Å². The first-order valence-electron chi connectivity index (χ1n) is 10.8. The van der Waals surface area contributed by atoms with Crippen molar-refractivity contribution in [2.45, 2.75) is 36.1 Å². The average molecular weight is 472 g/mol. The zero-order chi connectivity index (χ0) is 23.1. The number of carbonyl (C=O) groups is 1. The fourth-order valence-electron chi connectivity index (χ4n) is 4.44. The molecular weight excluding hydrogens is 446 g/mol. The van der Waals surface area contributed by atoms with Gasteiger partial charge in [-0.25, -0.2) is 8.42 Å². The normalized spacial score (nSPS) is 21.8. The lowest BCUT2D eigenvalue weighted by atomic mass is 9.74. The lowest BCUT2D eigenvalue weighted by Gasteiger charge is -2.38. The molecular formula is C23H25N3O6S. The van der Waals surface area contributed by atoms with E-state index >= 15 is 0 Å². The van der Waals surface area contributed by atoms with Gasteiger partial charge in [-0.05, 0) is 49.6 Å². The van der Waals surface area contributed by atoms with E-state index < -0.39 is 16.1 Å². The number of aliphatic imine (C=N–C) groups is 1. The maximum Gasteiger partial charge on any atom is 0.263 e. The molecule has 10 heteroatoms. The molecule has 0 saturated carbocycles. The zero-order valence-corrected chi connectivity index (χ0v) is 19.0. The van der Waals surface area contributed by atoms with Crippen LogP contribution in [-0.2, 0) is 25.0 Å². The number of sulfonamides is 1. The van der Waals surface area contributed by atoms with Gasteiger partial charge in [-0.2, -0.15) is 0 Å². The number of ether oxygens (including phenoxy) is 3. The minimum Gasteiger partial charge on any atom is -0.454 e. The molecule has 3 aliphatic heterocycles. The molecule has 0 unspecified atom stereocenters. The van der Waals surface area contributed by atoms with E-state index in [1.54, 1.807) is 25.1 Å². The zero-order valence-electron chi connectivity index (χ0n) is 18.2. The molecule has 3 aliphatic rings. The van der Waals surface area contributed by atoms with E-state index in [0.29, 0.717) is 36.8 Å². The third-order valence-corrected chi connectivity index (χ3v) is 7.80. The van der Waals surface area contributed by atoms with E-state index in [9.17, 15) is 13.2 Å². The van der Waals surface area contributed by atoms with Crippen molar-refractivity contribution in [3.8, 4) is 11.5 Å². The maximum atomic E-state index is 12.9. The fourth-order valence-corrected chi connectivity index (χ4v) is 5.68. The molecule has 0 aliphatic carbocycles. The average Bonchev–Trinajstić information content (AvgIpc) is 3.40. The summed E-state index contributed by atoms with van der Waals surface area (Å²) in [6.07, 6.45) is 1.51. The summed E-state index contributed by atoms with van der Waals surface area (Å²) in [6.45, 7) is 3.46. The van der Waals surface area contributed by atoms with Gasteiger partial charge in [0.2, 0.25) is 12.7 Å². The molecule has 0 spiro atoms. The molecule has 33 heavy (non-hydrogen) atoms. The van der Waals surface area contributed by atoms with Crippen LogP contribution in [0.3, 0.4) is 0 Å². The summed E-state index contributed by atoms with van der Waals surface area (Å²) in [5.74, 6) is 1.33. The quantitative estimate of drug-likeness (QED) is 0.686. The van der Waals surface area contributed by atoms with Crippen molar-refractivity contribution < 1.29 is 27.4 Å². The number of nitrogens with one attached hydrogen (secondary N) is 2. The van der Waals surface area contributed by atoms with Crippen LogP contribution in [0.2, 0.25) is 0 Å². The van der Waals surface area contributed by atoms with Crippen molar-refractivity contribution in [3.63, 3.8) is 0 Å². The molecule has 0 aromatic heterocycles. The molecule has 5 rings (SSSR count). The first-order valence-corrected chi connectivity index (χ1v) is 12.3. The second-order valence-electron chi connectivity index (χ2n) is 8.43. The van der Waals surface area contributed by atoms with Crippen LogP contribution in [0.5, 0.6) is 11.5 Å². The van der Waals surface area contributed by atoms with E-state index in [-0.39, 0.29) is 28.8 Å². The van der Waals surface area contributed by atoms with Crippen LogP contribution in [0, 0.1) is 0 Å². The number of carbonyl (C=O) groups excluding carboxylic acids is 1. The Morgan fingerprint density at radius 2 is 1.91 bits per heavy atom. The summed E-state index contributed by atoms with van der Waals surface area (Å²) < 4.78 is 43.6. The Morgan fingerprint density at radius 3 is 2.73 bits per heavy atom. The Hall–Kier alpha value is -3.11. The minimum atomic E-state index is -3.65. The van der Waals surface area contributed by atoms with E-state index in [1.165, 1.54) is 6.07 Å². The van der Waals surface area contributed by atoms with Gasteiger partial charge in [-0.15, -0.1) is 0 Å². The number of nitrogens with zero attached hydrogens (tertiary/aromatic N) is 1. The highest BCUT2D eigenvalue weighted by molar-refractivity contribution is 7.90. The number of amides is 1. The molecule has 2 N–H and O–H groups in total. The smallest absolute Gasteiger partial charge is 0.263 e. The van der Waals surface area contributed by atoms with Crippen LogP contribution in [0.4, 0.5) is 0 Å². The summed E-state index contributed by atoms with van der Waals surface area (Å²) >= 11 is 0. The lowest BCUT2D eigenvalue weighted by molar-refractivity contribution is -0.122. The summed E-state index contributed by atoms with van der Waals surface area (Å²) in [7, 11) is -3.65. The number of benzene rings is 2. The summed E-state index contributed by atoms with van der Waals surface area (Å²) in [4.78, 5) is 17.5. The van der Waals surface area contributed by atoms with Gasteiger partial charge in [0.15, 0.2) is 11.5 Å². The summed E-state index contributed by atoms with van der Waals surface area (Å²) in [5.41, 5.74) is 1.23. The Morgan fingerprint density at radius 1 is 1.15 bits per heavy atom. The van der Waals surface area contributed by atoms with Gasteiger partial charge in [0.25, 0.3) is 10.0 Å². The monoisotopic (exact) mass is 471 g/mol. The molecule has 174 valence electrons. The van der Waals surface area contributed by atoms with Gasteiger partial charge in [0.05, 0.1) is 4.90 Å². The predicted octanol–water partition coefficient (Wildman–Crippen LogP) is 1.71. The van der Waals surface area contributed by atoms with Crippen LogP contribution in [0.25, 0.3) is 0 Å². The molecule has 1 saturated heterocycles. The number of hydrogen-bond acceptors (Lipinski definition) is 7. The highest BCUT2D eigenvalue weighted by Gasteiger charge is 2.37. The summed E-state index contributed by atoms with van der Waals surface area (Å²) in [6, 6.07) is 11.7. The van der Waals surface area contributed by atoms with Crippen LogP contribution in [0.1, 0.15) is 30.9 Å². The first kappa shape index (κ1) is 21.7. The van der Waals surface area contributed by atoms with Crippen molar-refractivity contribution in [2.24, 2.45) is 4.99 Å². The largest absolute Gasteiger partial charge is 0.454 e. The van der Waals surface area contributed by atoms with Crippen LogP contribution < -0.4 is 19.5 Å². The third-order valence-electron chi connectivity index (χ3n) is 6.40. The molecule has 0 bridgehead atoms. The molecule has 1 amide bonds. The van der Waals surface area contributed by atoms with E-state index in [2.05, 4.69) is 15.0 Å². The SMILES string of the molecule is C[C@H](N=C1NS(=O)(=O)c2ccccc21)C(=O)NCC1(c2ccc3c(c2)OCO3)CCOCC1. The van der Waals surface area contributed by atoms with Crippen molar-refractivity contribution in [1.82, 2.24) is 10.0 Å². The topological polar surface area (TPSA) is 115 Å². The Labute approximate surface area is 192 Å². The van der Waals surface area contributed by atoms with E-state index in [1.807, 2.05) is 18.2 Å². The van der Waals surface area contributed by atoms with Crippen molar-refractivity contribution >= 4 is 21.8 Å². The van der Waals surface area contributed by atoms with Crippen LogP contribution >= 0.6 is 0 Å². The second kappa shape index (κ2) is 8.35. The molecule has 2 aromatic carbocycles. The molecule has 1 atom stereocenters. The van der Waals surface area contributed by atoms with Crippen LogP contribution in [-0.4, -0.2) is 52.8 Å². The molecule has 3 heterocycles. The van der Waals surface area contributed by atoms with Gasteiger partial charge < -0.3 is 19.5 Å². The standard InChI is InChI=1S/C23H25N3O6S/c1-15(25-21-17-4-2-3-5-20(17)33(28,29)26-21)22(27)24-13-23(8-10-30-11-9-23)16-6-7-18-19(12-16)32-14-31-18/h2-7,12,15H,8-11,13-14H2,1H3,(H,24,27)(H,25,26)/t15-/m0/s1. The van der Waals surface area contributed by atoms with Crippen LogP contribution in [0.15, 0.2) is 52.4 Å². The predicted molar refractivity (Wildman–Crippen MR) is 120 cm³/mol. The van der Waals surface area contributed by atoms with Gasteiger partial charge in [0.1, 0.15) is 11.9 Å². The number of amidine groups is 1.